The van der Waals surface area contributed by atoms with E-state index >= 15 is 0 Å². The summed E-state index contributed by atoms with van der Waals surface area (Å²) >= 11 is 0. The number of allylic oxidation sites excluding steroid dienone is 1. The fourth-order valence-corrected chi connectivity index (χ4v) is 2.74. The fraction of sp³-hybridized carbons (Fsp3) is 0.467. The molecule has 2 aliphatic heterocycles. The number of hydrogen-bond donors (Lipinski definition) is 1. The standard InChI is InChI=1S/C15H19NO/c1-2-4-15-14(3-1)13(7-10-17-15)11-12-5-8-16-9-6-12/h1-4,11,13,16H,5-10H2. The van der Waals surface area contributed by atoms with Gasteiger partial charge in [-0.25, -0.2) is 0 Å². The molecule has 2 heterocycles. The van der Waals surface area contributed by atoms with Crippen LogP contribution >= 0.6 is 0 Å². The van der Waals surface area contributed by atoms with Gasteiger partial charge in [-0.15, -0.1) is 0 Å². The highest BCUT2D eigenvalue weighted by atomic mass is 16.5. The van der Waals surface area contributed by atoms with Crippen LogP contribution in [0.4, 0.5) is 0 Å². The minimum absolute atomic E-state index is 0.563. The van der Waals surface area contributed by atoms with Crippen molar-refractivity contribution in [2.75, 3.05) is 19.7 Å². The Hall–Kier alpha value is -1.28. The van der Waals surface area contributed by atoms with Crippen LogP contribution in [0.1, 0.15) is 30.7 Å². The Bertz CT molecular complexity index is 417. The van der Waals surface area contributed by atoms with Gasteiger partial charge in [-0.3, -0.25) is 0 Å². The number of hydrogen-bond acceptors (Lipinski definition) is 2. The summed E-state index contributed by atoms with van der Waals surface area (Å²) in [6.45, 7) is 3.12. The Morgan fingerprint density at radius 1 is 1.18 bits per heavy atom. The summed E-state index contributed by atoms with van der Waals surface area (Å²) in [7, 11) is 0. The maximum atomic E-state index is 5.70. The Morgan fingerprint density at radius 3 is 2.88 bits per heavy atom. The van der Waals surface area contributed by atoms with Gasteiger partial charge in [-0.2, -0.15) is 0 Å². The number of rotatable bonds is 1. The molecule has 1 unspecified atom stereocenters. The smallest absolute Gasteiger partial charge is 0.123 e. The normalized spacial score (nSPS) is 23.8. The van der Waals surface area contributed by atoms with Crippen LogP contribution in [0.25, 0.3) is 0 Å². The predicted molar refractivity (Wildman–Crippen MR) is 69.5 cm³/mol. The second kappa shape index (κ2) is 4.92. The topological polar surface area (TPSA) is 21.3 Å². The quantitative estimate of drug-likeness (QED) is 0.748. The summed E-state index contributed by atoms with van der Waals surface area (Å²) in [5.41, 5.74) is 2.98. The van der Waals surface area contributed by atoms with Crippen LogP contribution in [0.2, 0.25) is 0 Å². The van der Waals surface area contributed by atoms with Crippen LogP contribution in [0.15, 0.2) is 35.9 Å². The van der Waals surface area contributed by atoms with Crippen molar-refractivity contribution in [1.29, 1.82) is 0 Å². The summed E-state index contributed by atoms with van der Waals surface area (Å²) < 4.78 is 5.70. The van der Waals surface area contributed by atoms with E-state index in [0.29, 0.717) is 5.92 Å². The molecule has 0 radical (unpaired) electrons. The average Bonchev–Trinajstić information content (AvgIpc) is 2.40. The lowest BCUT2D eigenvalue weighted by atomic mass is 9.89. The van der Waals surface area contributed by atoms with Gasteiger partial charge in [0.25, 0.3) is 0 Å². The molecule has 1 saturated heterocycles. The molecule has 0 aliphatic carbocycles. The predicted octanol–water partition coefficient (Wildman–Crippen LogP) is 2.86. The second-order valence-electron chi connectivity index (χ2n) is 4.86. The van der Waals surface area contributed by atoms with E-state index in [2.05, 4.69) is 35.7 Å². The van der Waals surface area contributed by atoms with Crippen molar-refractivity contribution >= 4 is 0 Å². The third-order valence-electron chi connectivity index (χ3n) is 3.69. The van der Waals surface area contributed by atoms with Crippen molar-refractivity contribution in [3.63, 3.8) is 0 Å². The second-order valence-corrected chi connectivity index (χ2v) is 4.86. The Labute approximate surface area is 103 Å². The largest absolute Gasteiger partial charge is 0.493 e. The van der Waals surface area contributed by atoms with E-state index in [0.717, 1.165) is 31.9 Å². The molecule has 0 bridgehead atoms. The number of benzene rings is 1. The summed E-state index contributed by atoms with van der Waals surface area (Å²) in [6.07, 6.45) is 6.02. The molecule has 0 amide bonds. The molecule has 1 aromatic carbocycles. The van der Waals surface area contributed by atoms with Gasteiger partial charge < -0.3 is 10.1 Å². The number of nitrogens with one attached hydrogen (secondary N) is 1. The molecule has 3 rings (SSSR count). The Balaban J connectivity index is 1.84. The minimum Gasteiger partial charge on any atom is -0.493 e. The number of ether oxygens (including phenoxy) is 1. The first kappa shape index (κ1) is 10.8. The molecular weight excluding hydrogens is 210 g/mol. The lowest BCUT2D eigenvalue weighted by molar-refractivity contribution is 0.278. The van der Waals surface area contributed by atoms with E-state index in [4.69, 9.17) is 4.74 Å². The van der Waals surface area contributed by atoms with Crippen LogP contribution in [0.3, 0.4) is 0 Å². The molecule has 0 spiro atoms. The third kappa shape index (κ3) is 2.37. The zero-order valence-electron chi connectivity index (χ0n) is 10.1. The van der Waals surface area contributed by atoms with Crippen molar-refractivity contribution in [2.24, 2.45) is 0 Å². The number of piperidine rings is 1. The van der Waals surface area contributed by atoms with Gasteiger partial charge in [-0.1, -0.05) is 29.8 Å². The molecule has 0 saturated carbocycles. The first-order chi connectivity index (χ1) is 8.43. The Morgan fingerprint density at radius 2 is 2.00 bits per heavy atom. The number of para-hydroxylation sites is 1. The van der Waals surface area contributed by atoms with Crippen molar-refractivity contribution in [3.8, 4) is 5.75 Å². The van der Waals surface area contributed by atoms with Gasteiger partial charge in [-0.05, 0) is 38.4 Å². The summed E-state index contributed by atoms with van der Waals surface area (Å²) in [6, 6.07) is 8.46. The highest BCUT2D eigenvalue weighted by Crippen LogP contribution is 2.35. The number of fused-ring (bicyclic) bond motifs is 1. The van der Waals surface area contributed by atoms with E-state index in [1.807, 2.05) is 0 Å². The third-order valence-corrected chi connectivity index (χ3v) is 3.69. The van der Waals surface area contributed by atoms with Crippen molar-refractivity contribution in [2.45, 2.75) is 25.2 Å². The Kier molecular flexibility index (Phi) is 3.14. The molecule has 1 N–H and O–H groups in total. The van der Waals surface area contributed by atoms with Crippen molar-refractivity contribution in [1.82, 2.24) is 5.32 Å². The lowest BCUT2D eigenvalue weighted by Crippen LogP contribution is -2.23. The van der Waals surface area contributed by atoms with Crippen LogP contribution < -0.4 is 10.1 Å². The molecule has 1 atom stereocenters. The molecule has 1 fully saturated rings. The summed E-state index contributed by atoms with van der Waals surface area (Å²) in [4.78, 5) is 0. The molecule has 1 aromatic rings. The molecule has 17 heavy (non-hydrogen) atoms. The molecule has 2 heteroatoms. The van der Waals surface area contributed by atoms with Gasteiger partial charge in [0.05, 0.1) is 6.61 Å². The average molecular weight is 229 g/mol. The van der Waals surface area contributed by atoms with E-state index in [1.54, 1.807) is 5.57 Å². The van der Waals surface area contributed by atoms with E-state index in [9.17, 15) is 0 Å². The molecule has 90 valence electrons. The van der Waals surface area contributed by atoms with Gasteiger partial charge in [0, 0.05) is 11.5 Å². The fourth-order valence-electron chi connectivity index (χ4n) is 2.74. The molecular formula is C15H19NO. The highest BCUT2D eigenvalue weighted by molar-refractivity contribution is 5.40. The molecule has 2 nitrogen and oxygen atoms in total. The van der Waals surface area contributed by atoms with Crippen LogP contribution in [-0.2, 0) is 0 Å². The minimum atomic E-state index is 0.563. The molecule has 2 aliphatic rings. The molecule has 0 aromatic heterocycles. The first-order valence-corrected chi connectivity index (χ1v) is 6.55. The maximum Gasteiger partial charge on any atom is 0.123 e. The van der Waals surface area contributed by atoms with Gasteiger partial charge in [0.15, 0.2) is 0 Å². The van der Waals surface area contributed by atoms with E-state index < -0.39 is 0 Å². The van der Waals surface area contributed by atoms with Crippen molar-refractivity contribution < 1.29 is 4.74 Å². The maximum absolute atomic E-state index is 5.70. The zero-order valence-corrected chi connectivity index (χ0v) is 10.1. The monoisotopic (exact) mass is 229 g/mol. The highest BCUT2D eigenvalue weighted by Gasteiger charge is 2.19. The van der Waals surface area contributed by atoms with Crippen LogP contribution in [0.5, 0.6) is 5.75 Å². The van der Waals surface area contributed by atoms with Gasteiger partial charge >= 0.3 is 0 Å². The lowest BCUT2D eigenvalue weighted by Gasteiger charge is -2.25. The SMILES string of the molecule is C(=C1CCNCC1)C1CCOc2ccccc21. The first-order valence-electron chi connectivity index (χ1n) is 6.55. The van der Waals surface area contributed by atoms with Gasteiger partial charge in [0.1, 0.15) is 5.75 Å². The summed E-state index contributed by atoms with van der Waals surface area (Å²) in [5.74, 6) is 1.64. The van der Waals surface area contributed by atoms with E-state index in [1.165, 1.54) is 18.4 Å². The van der Waals surface area contributed by atoms with Gasteiger partial charge in [0.2, 0.25) is 0 Å². The van der Waals surface area contributed by atoms with E-state index in [-0.39, 0.29) is 0 Å². The zero-order chi connectivity index (χ0) is 11.5. The van der Waals surface area contributed by atoms with Crippen LogP contribution in [0, 0.1) is 0 Å². The summed E-state index contributed by atoms with van der Waals surface area (Å²) in [5, 5.41) is 3.41. The van der Waals surface area contributed by atoms with Crippen molar-refractivity contribution in [3.05, 3.63) is 41.5 Å². The van der Waals surface area contributed by atoms with Crippen LogP contribution in [-0.4, -0.2) is 19.7 Å².